The molecule has 0 radical (unpaired) electrons. The highest BCUT2D eigenvalue weighted by atomic mass is 14.2. The van der Waals surface area contributed by atoms with Crippen molar-refractivity contribution in [2.75, 3.05) is 0 Å². The van der Waals surface area contributed by atoms with Crippen molar-refractivity contribution in [2.24, 2.45) is 0 Å². The molecule has 0 unspecified atom stereocenters. The maximum absolute atomic E-state index is 2.37. The summed E-state index contributed by atoms with van der Waals surface area (Å²) in [5, 5.41) is 10.5. The lowest BCUT2D eigenvalue weighted by atomic mass is 9.83. The van der Waals surface area contributed by atoms with Crippen molar-refractivity contribution in [1.29, 1.82) is 0 Å². The van der Waals surface area contributed by atoms with Crippen molar-refractivity contribution in [2.45, 2.75) is 19.8 Å². The first-order chi connectivity index (χ1) is 18.3. The van der Waals surface area contributed by atoms with Gasteiger partial charge in [-0.3, -0.25) is 0 Å². The molecule has 37 heavy (non-hydrogen) atoms. The molecule has 0 aliphatic heterocycles. The number of hydrogen-bond donors (Lipinski definition) is 0. The van der Waals surface area contributed by atoms with Crippen molar-refractivity contribution in [3.63, 3.8) is 0 Å². The van der Waals surface area contributed by atoms with Gasteiger partial charge in [0.1, 0.15) is 0 Å². The van der Waals surface area contributed by atoms with Gasteiger partial charge in [0.25, 0.3) is 0 Å². The van der Waals surface area contributed by atoms with E-state index in [9.17, 15) is 0 Å². The highest BCUT2D eigenvalue weighted by Gasteiger charge is 2.19. The summed E-state index contributed by atoms with van der Waals surface area (Å²) in [6.07, 6.45) is 2.18. The lowest BCUT2D eigenvalue weighted by Crippen LogP contribution is -1.95. The third-order valence-corrected chi connectivity index (χ3v) is 7.73. The van der Waals surface area contributed by atoms with Crippen molar-refractivity contribution in [3.05, 3.63) is 133 Å². The van der Waals surface area contributed by atoms with E-state index in [1.165, 1.54) is 70.9 Å². The van der Waals surface area contributed by atoms with Crippen LogP contribution < -0.4 is 0 Å². The van der Waals surface area contributed by atoms with Gasteiger partial charge in [0.15, 0.2) is 0 Å². The highest BCUT2D eigenvalue weighted by molar-refractivity contribution is 6.22. The first kappa shape index (κ1) is 21.8. The molecule has 0 saturated heterocycles. The summed E-state index contributed by atoms with van der Waals surface area (Å²) in [4.78, 5) is 0. The Kier molecular flexibility index (Phi) is 5.26. The van der Waals surface area contributed by atoms with E-state index in [-0.39, 0.29) is 0 Å². The second kappa shape index (κ2) is 8.91. The molecule has 0 fully saturated rings. The van der Waals surface area contributed by atoms with Crippen LogP contribution in [0.15, 0.2) is 127 Å². The zero-order valence-corrected chi connectivity index (χ0v) is 21.0. The third-order valence-electron chi connectivity index (χ3n) is 7.73. The maximum Gasteiger partial charge on any atom is -0.00234 e. The number of aryl methyl sites for hydroxylation is 1. The van der Waals surface area contributed by atoms with Crippen molar-refractivity contribution < 1.29 is 0 Å². The average molecular weight is 473 g/mol. The Balaban J connectivity index is 1.64. The van der Waals surface area contributed by atoms with Gasteiger partial charge >= 0.3 is 0 Å². The van der Waals surface area contributed by atoms with E-state index in [4.69, 9.17) is 0 Å². The predicted octanol–water partition coefficient (Wildman–Crippen LogP) is 10.6. The van der Waals surface area contributed by atoms with Crippen LogP contribution in [0.4, 0.5) is 0 Å². The minimum atomic E-state index is 1.06. The molecule has 7 aromatic carbocycles. The molecule has 0 nitrogen and oxygen atoms in total. The Morgan fingerprint density at radius 1 is 0.432 bits per heavy atom. The number of fused-ring (bicyclic) bond motifs is 4. The summed E-state index contributed by atoms with van der Waals surface area (Å²) in [7, 11) is 0. The molecular formula is C37H28. The van der Waals surface area contributed by atoms with Crippen LogP contribution in [-0.2, 0) is 6.42 Å². The van der Waals surface area contributed by atoms with E-state index in [1.807, 2.05) is 0 Å². The molecule has 0 amide bonds. The minimum absolute atomic E-state index is 1.06. The lowest BCUT2D eigenvalue weighted by molar-refractivity contribution is 0.930. The highest BCUT2D eigenvalue weighted by Crippen LogP contribution is 2.45. The normalized spacial score (nSPS) is 11.6. The van der Waals surface area contributed by atoms with Gasteiger partial charge in [0.05, 0.1) is 0 Å². The topological polar surface area (TPSA) is 0 Å². The molecule has 0 aliphatic rings. The molecule has 0 N–H and O–H groups in total. The summed E-state index contributed by atoms with van der Waals surface area (Å²) in [5.74, 6) is 0. The molecule has 7 rings (SSSR count). The smallest absolute Gasteiger partial charge is 0.00234 e. The van der Waals surface area contributed by atoms with Crippen molar-refractivity contribution >= 4 is 43.1 Å². The lowest BCUT2D eigenvalue weighted by Gasteiger charge is -2.20. The number of rotatable bonds is 4. The standard InChI is InChI=1S/C37H28/c1-2-10-27-15-9-18-34-35(30-21-19-25-11-3-5-13-28(25)23-30)32-16-7-8-17-33(32)37(36(27)34)31-22-20-26-12-4-6-14-29(26)24-31/h3-9,11-24H,2,10H2,1H3. The van der Waals surface area contributed by atoms with E-state index in [2.05, 4.69) is 134 Å². The third kappa shape index (κ3) is 3.60. The molecule has 176 valence electrons. The number of hydrogen-bond acceptors (Lipinski definition) is 0. The van der Waals surface area contributed by atoms with Gasteiger partial charge in [-0.05, 0) is 89.5 Å². The average Bonchev–Trinajstić information content (AvgIpc) is 2.96. The van der Waals surface area contributed by atoms with Crippen LogP contribution in [0.25, 0.3) is 65.3 Å². The summed E-state index contributed by atoms with van der Waals surface area (Å²) in [6.45, 7) is 2.28. The largest absolute Gasteiger partial charge is 0.0651 e. The fourth-order valence-corrected chi connectivity index (χ4v) is 6.08. The van der Waals surface area contributed by atoms with Crippen LogP contribution in [0.1, 0.15) is 18.9 Å². The van der Waals surface area contributed by atoms with E-state index in [1.54, 1.807) is 0 Å². The van der Waals surface area contributed by atoms with Crippen LogP contribution in [0.3, 0.4) is 0 Å². The van der Waals surface area contributed by atoms with Gasteiger partial charge < -0.3 is 0 Å². The SMILES string of the molecule is CCCc1cccc2c(-c3ccc4ccccc4c3)c3ccccc3c(-c3ccc4ccccc4c3)c12. The van der Waals surface area contributed by atoms with Crippen LogP contribution in [-0.4, -0.2) is 0 Å². The van der Waals surface area contributed by atoms with E-state index in [0.29, 0.717) is 0 Å². The maximum atomic E-state index is 2.37. The molecule has 7 aromatic rings. The fourth-order valence-electron chi connectivity index (χ4n) is 6.08. The van der Waals surface area contributed by atoms with Crippen LogP contribution >= 0.6 is 0 Å². The van der Waals surface area contributed by atoms with E-state index in [0.717, 1.165) is 12.8 Å². The Labute approximate surface area is 217 Å². The Hall–Kier alpha value is -4.42. The number of benzene rings is 7. The van der Waals surface area contributed by atoms with Gasteiger partial charge in [0.2, 0.25) is 0 Å². The van der Waals surface area contributed by atoms with Crippen LogP contribution in [0.5, 0.6) is 0 Å². The molecule has 0 heteroatoms. The molecule has 0 saturated carbocycles. The summed E-state index contributed by atoms with van der Waals surface area (Å²) in [5.41, 5.74) is 6.67. The molecule has 0 atom stereocenters. The van der Waals surface area contributed by atoms with Gasteiger partial charge in [0, 0.05) is 0 Å². The Bertz CT molecular complexity index is 1940. The van der Waals surface area contributed by atoms with E-state index >= 15 is 0 Å². The van der Waals surface area contributed by atoms with Crippen molar-refractivity contribution in [1.82, 2.24) is 0 Å². The van der Waals surface area contributed by atoms with E-state index < -0.39 is 0 Å². The zero-order valence-electron chi connectivity index (χ0n) is 21.0. The quantitative estimate of drug-likeness (QED) is 0.223. The second-order valence-electron chi connectivity index (χ2n) is 10.0. The molecule has 0 heterocycles. The van der Waals surface area contributed by atoms with Gasteiger partial charge in [-0.25, -0.2) is 0 Å². The monoisotopic (exact) mass is 472 g/mol. The first-order valence-electron chi connectivity index (χ1n) is 13.3. The van der Waals surface area contributed by atoms with Crippen molar-refractivity contribution in [3.8, 4) is 22.3 Å². The molecule has 0 aromatic heterocycles. The summed E-state index contributed by atoms with van der Waals surface area (Å²) >= 11 is 0. The summed E-state index contributed by atoms with van der Waals surface area (Å²) < 4.78 is 0. The fraction of sp³-hybridized carbons (Fsp3) is 0.0811. The van der Waals surface area contributed by atoms with Gasteiger partial charge in [-0.2, -0.15) is 0 Å². The molecule has 0 spiro atoms. The zero-order chi connectivity index (χ0) is 24.8. The Morgan fingerprint density at radius 2 is 0.946 bits per heavy atom. The summed E-state index contributed by atoms with van der Waals surface area (Å²) in [6, 6.07) is 47.1. The predicted molar refractivity (Wildman–Crippen MR) is 161 cm³/mol. The molecule has 0 bridgehead atoms. The van der Waals surface area contributed by atoms with Gasteiger partial charge in [-0.15, -0.1) is 0 Å². The molecule has 0 aliphatic carbocycles. The second-order valence-corrected chi connectivity index (χ2v) is 10.0. The van der Waals surface area contributed by atoms with Gasteiger partial charge in [-0.1, -0.05) is 129 Å². The Morgan fingerprint density at radius 3 is 1.57 bits per heavy atom. The van der Waals surface area contributed by atoms with Crippen LogP contribution in [0, 0.1) is 0 Å². The van der Waals surface area contributed by atoms with Crippen LogP contribution in [0.2, 0.25) is 0 Å². The molecular weight excluding hydrogens is 444 g/mol. The first-order valence-corrected chi connectivity index (χ1v) is 13.3. The minimum Gasteiger partial charge on any atom is -0.0651 e.